The summed E-state index contributed by atoms with van der Waals surface area (Å²) in [5.74, 6) is 0.826. The number of fused-ring (bicyclic) bond motifs is 1. The first-order chi connectivity index (χ1) is 9.72. The molecule has 0 unspecified atom stereocenters. The molecule has 2 aromatic carbocycles. The normalized spacial score (nSPS) is 15.6. The van der Waals surface area contributed by atoms with Crippen molar-refractivity contribution in [3.63, 3.8) is 0 Å². The highest BCUT2D eigenvalue weighted by Crippen LogP contribution is 2.34. The van der Waals surface area contributed by atoms with Crippen molar-refractivity contribution in [2.45, 2.75) is 0 Å². The zero-order valence-corrected chi connectivity index (χ0v) is 11.5. The van der Waals surface area contributed by atoms with Crippen molar-refractivity contribution in [1.29, 1.82) is 0 Å². The minimum absolute atomic E-state index is 0.0294. The number of benzene rings is 2. The molecule has 0 fully saturated rings. The Kier molecular flexibility index (Phi) is 3.03. The summed E-state index contributed by atoms with van der Waals surface area (Å²) in [5.41, 5.74) is 3.57. The van der Waals surface area contributed by atoms with E-state index in [1.165, 1.54) is 0 Å². The highest BCUT2D eigenvalue weighted by Gasteiger charge is 2.28. The molecule has 0 atom stereocenters. The van der Waals surface area contributed by atoms with E-state index in [1.54, 1.807) is 19.1 Å². The molecule has 2 aromatic rings. The van der Waals surface area contributed by atoms with Crippen molar-refractivity contribution in [3.05, 3.63) is 65.2 Å². The minimum atomic E-state index is 0.0294. The van der Waals surface area contributed by atoms with E-state index >= 15 is 0 Å². The molecule has 0 bridgehead atoms. The molecule has 1 amide bonds. The molecule has 0 aliphatic carbocycles. The van der Waals surface area contributed by atoms with Crippen LogP contribution in [0.25, 0.3) is 11.8 Å². The van der Waals surface area contributed by atoms with Gasteiger partial charge in [-0.05, 0) is 18.2 Å². The molecule has 0 aromatic heterocycles. The summed E-state index contributed by atoms with van der Waals surface area (Å²) in [6.45, 7) is 0. The van der Waals surface area contributed by atoms with E-state index in [0.717, 1.165) is 28.1 Å². The van der Waals surface area contributed by atoms with E-state index in [0.29, 0.717) is 0 Å². The first kappa shape index (κ1) is 12.5. The average Bonchev–Trinajstić information content (AvgIpc) is 2.73. The van der Waals surface area contributed by atoms with Crippen LogP contribution in [-0.4, -0.2) is 25.0 Å². The fraction of sp³-hybridized carbons (Fsp3) is 0.118. The lowest BCUT2D eigenvalue weighted by molar-refractivity contribution is 0.0875. The first-order valence-corrected chi connectivity index (χ1v) is 6.44. The van der Waals surface area contributed by atoms with Crippen molar-refractivity contribution in [1.82, 2.24) is 4.90 Å². The Morgan fingerprint density at radius 3 is 2.40 bits per heavy atom. The van der Waals surface area contributed by atoms with Crippen LogP contribution in [0.1, 0.15) is 21.5 Å². The Hall–Kier alpha value is -2.55. The quantitative estimate of drug-likeness (QED) is 0.834. The minimum Gasteiger partial charge on any atom is -0.496 e. The Labute approximate surface area is 118 Å². The molecule has 0 radical (unpaired) electrons. The fourth-order valence-electron chi connectivity index (χ4n) is 2.47. The lowest BCUT2D eigenvalue weighted by atomic mass is 10.1. The maximum atomic E-state index is 12.2. The fourth-order valence-corrected chi connectivity index (χ4v) is 2.47. The summed E-state index contributed by atoms with van der Waals surface area (Å²) in [4.78, 5) is 13.9. The summed E-state index contributed by atoms with van der Waals surface area (Å²) >= 11 is 0. The van der Waals surface area contributed by atoms with E-state index in [9.17, 15) is 4.79 Å². The molecular formula is C17H15NO2. The van der Waals surface area contributed by atoms with Crippen LogP contribution in [0.5, 0.6) is 5.75 Å². The van der Waals surface area contributed by atoms with Crippen LogP contribution in [0, 0.1) is 0 Å². The number of nitrogens with zero attached hydrogens (tertiary/aromatic N) is 1. The first-order valence-electron chi connectivity index (χ1n) is 6.44. The van der Waals surface area contributed by atoms with Gasteiger partial charge in [-0.25, -0.2) is 0 Å². The van der Waals surface area contributed by atoms with Gasteiger partial charge in [0.05, 0.1) is 12.8 Å². The van der Waals surface area contributed by atoms with Crippen molar-refractivity contribution in [3.8, 4) is 5.75 Å². The van der Waals surface area contributed by atoms with E-state index < -0.39 is 0 Å². The zero-order chi connectivity index (χ0) is 14.1. The summed E-state index contributed by atoms with van der Waals surface area (Å²) in [6.07, 6.45) is 1.99. The van der Waals surface area contributed by atoms with Crippen molar-refractivity contribution in [2.24, 2.45) is 0 Å². The van der Waals surface area contributed by atoms with Gasteiger partial charge in [0.25, 0.3) is 5.91 Å². The van der Waals surface area contributed by atoms with Gasteiger partial charge in [0.1, 0.15) is 5.75 Å². The van der Waals surface area contributed by atoms with Gasteiger partial charge in [0.2, 0.25) is 0 Å². The van der Waals surface area contributed by atoms with Gasteiger partial charge in [-0.3, -0.25) is 4.79 Å². The number of ether oxygens (including phenoxy) is 1. The van der Waals surface area contributed by atoms with Gasteiger partial charge in [0.15, 0.2) is 0 Å². The molecule has 100 valence electrons. The van der Waals surface area contributed by atoms with Gasteiger partial charge in [-0.1, -0.05) is 36.4 Å². The van der Waals surface area contributed by atoms with Gasteiger partial charge in [-0.2, -0.15) is 0 Å². The Balaban J connectivity index is 2.15. The van der Waals surface area contributed by atoms with E-state index in [2.05, 4.69) is 0 Å². The number of hydrogen-bond donors (Lipinski definition) is 0. The molecule has 3 heteroatoms. The number of carbonyl (C=O) groups excluding carboxylic acids is 1. The van der Waals surface area contributed by atoms with Crippen LogP contribution in [-0.2, 0) is 0 Å². The smallest absolute Gasteiger partial charge is 0.258 e. The highest BCUT2D eigenvalue weighted by molar-refractivity contribution is 6.11. The molecule has 0 saturated heterocycles. The molecule has 1 aliphatic heterocycles. The van der Waals surface area contributed by atoms with Crippen LogP contribution in [0.2, 0.25) is 0 Å². The van der Waals surface area contributed by atoms with Gasteiger partial charge in [0, 0.05) is 23.7 Å². The van der Waals surface area contributed by atoms with Crippen LogP contribution < -0.4 is 4.74 Å². The van der Waals surface area contributed by atoms with Crippen molar-refractivity contribution in [2.75, 3.05) is 14.2 Å². The molecule has 0 saturated carbocycles. The standard InChI is InChI=1S/C17H15NO2/c1-18-15(11-12-7-3-6-10-16(12)20-2)13-8-4-5-9-14(13)17(18)19/h3-11H,1-2H3/b15-11-. The molecule has 1 heterocycles. The molecule has 3 rings (SSSR count). The second-order valence-corrected chi connectivity index (χ2v) is 4.68. The number of carbonyl (C=O) groups is 1. The molecule has 0 spiro atoms. The van der Waals surface area contributed by atoms with Crippen LogP contribution >= 0.6 is 0 Å². The maximum Gasteiger partial charge on any atom is 0.258 e. The Bertz CT molecular complexity index is 704. The van der Waals surface area contributed by atoms with Gasteiger partial charge < -0.3 is 9.64 Å². The zero-order valence-electron chi connectivity index (χ0n) is 11.5. The summed E-state index contributed by atoms with van der Waals surface area (Å²) in [6, 6.07) is 15.4. The van der Waals surface area contributed by atoms with E-state index in [4.69, 9.17) is 4.74 Å². The third kappa shape index (κ3) is 1.88. The molecule has 1 aliphatic rings. The van der Waals surface area contributed by atoms with E-state index in [1.807, 2.05) is 54.6 Å². The third-order valence-corrected chi connectivity index (χ3v) is 3.53. The Morgan fingerprint density at radius 2 is 1.65 bits per heavy atom. The highest BCUT2D eigenvalue weighted by atomic mass is 16.5. The third-order valence-electron chi connectivity index (χ3n) is 3.53. The predicted octanol–water partition coefficient (Wildman–Crippen LogP) is 3.28. The van der Waals surface area contributed by atoms with Crippen molar-refractivity contribution >= 4 is 17.7 Å². The van der Waals surface area contributed by atoms with Crippen LogP contribution in [0.4, 0.5) is 0 Å². The second-order valence-electron chi connectivity index (χ2n) is 4.68. The SMILES string of the molecule is COc1ccccc1/C=C1/c2ccccc2C(=O)N1C. The average molecular weight is 265 g/mol. The lowest BCUT2D eigenvalue weighted by Crippen LogP contribution is -2.16. The maximum absolute atomic E-state index is 12.2. The number of amides is 1. The molecule has 20 heavy (non-hydrogen) atoms. The van der Waals surface area contributed by atoms with Crippen LogP contribution in [0.3, 0.4) is 0 Å². The van der Waals surface area contributed by atoms with Gasteiger partial charge >= 0.3 is 0 Å². The molecular weight excluding hydrogens is 250 g/mol. The number of methoxy groups -OCH3 is 1. The summed E-state index contributed by atoms with van der Waals surface area (Å²) in [5, 5.41) is 0. The topological polar surface area (TPSA) is 29.5 Å². The number of para-hydroxylation sites is 1. The molecule has 0 N–H and O–H groups in total. The lowest BCUT2D eigenvalue weighted by Gasteiger charge is -2.12. The number of rotatable bonds is 2. The second kappa shape index (κ2) is 4.85. The monoisotopic (exact) mass is 265 g/mol. The Morgan fingerprint density at radius 1 is 1.00 bits per heavy atom. The van der Waals surface area contributed by atoms with Crippen molar-refractivity contribution < 1.29 is 9.53 Å². The summed E-state index contributed by atoms with van der Waals surface area (Å²) < 4.78 is 5.36. The van der Waals surface area contributed by atoms with Crippen LogP contribution in [0.15, 0.2) is 48.5 Å². The van der Waals surface area contributed by atoms with Gasteiger partial charge in [-0.15, -0.1) is 0 Å². The largest absolute Gasteiger partial charge is 0.496 e. The molecule has 3 nitrogen and oxygen atoms in total. The predicted molar refractivity (Wildman–Crippen MR) is 79.4 cm³/mol. The number of hydrogen-bond acceptors (Lipinski definition) is 2. The van der Waals surface area contributed by atoms with E-state index in [-0.39, 0.29) is 5.91 Å². The summed E-state index contributed by atoms with van der Waals surface area (Å²) in [7, 11) is 3.44.